The highest BCUT2D eigenvalue weighted by molar-refractivity contribution is 5.27. The number of aryl methyl sites for hydroxylation is 1. The average molecular weight is 238 g/mol. The zero-order valence-corrected chi connectivity index (χ0v) is 12.1. The van der Waals surface area contributed by atoms with E-state index in [1.807, 2.05) is 0 Å². The molecule has 3 heteroatoms. The third-order valence-electron chi connectivity index (χ3n) is 3.05. The van der Waals surface area contributed by atoms with Crippen molar-refractivity contribution >= 4 is 0 Å². The van der Waals surface area contributed by atoms with Crippen LogP contribution in [0.3, 0.4) is 0 Å². The Kier molecular flexibility index (Phi) is 4.23. The van der Waals surface area contributed by atoms with Crippen molar-refractivity contribution < 1.29 is 0 Å². The Labute approximate surface area is 104 Å². The maximum atomic E-state index is 12.4. The van der Waals surface area contributed by atoms with Gasteiger partial charge in [0, 0.05) is 17.8 Å². The molecule has 17 heavy (non-hydrogen) atoms. The molecule has 0 unspecified atom stereocenters. The normalized spacial score (nSPS) is 12.4. The minimum absolute atomic E-state index is 0.0926. The van der Waals surface area contributed by atoms with Crippen molar-refractivity contribution in [3.63, 3.8) is 0 Å². The SMILES string of the molecule is CCCCn1[nH]c(C(C)C)c(C(C)(C)C)c1=O. The van der Waals surface area contributed by atoms with Crippen LogP contribution in [0, 0.1) is 0 Å². The number of hydrogen-bond acceptors (Lipinski definition) is 1. The smallest absolute Gasteiger partial charge is 0.270 e. The average Bonchev–Trinajstić information content (AvgIpc) is 2.52. The van der Waals surface area contributed by atoms with E-state index in [1.54, 1.807) is 4.68 Å². The van der Waals surface area contributed by atoms with E-state index in [-0.39, 0.29) is 11.0 Å². The minimum Gasteiger partial charge on any atom is -0.299 e. The second kappa shape index (κ2) is 5.11. The zero-order chi connectivity index (χ0) is 13.2. The highest BCUT2D eigenvalue weighted by Gasteiger charge is 2.26. The molecule has 0 bridgehead atoms. The lowest BCUT2D eigenvalue weighted by molar-refractivity contribution is 0.543. The number of nitrogens with zero attached hydrogens (tertiary/aromatic N) is 1. The molecule has 0 saturated heterocycles. The number of aromatic amines is 1. The van der Waals surface area contributed by atoms with Gasteiger partial charge in [-0.1, -0.05) is 48.0 Å². The number of H-pyrrole nitrogens is 1. The van der Waals surface area contributed by atoms with Crippen LogP contribution in [-0.4, -0.2) is 9.78 Å². The quantitative estimate of drug-likeness (QED) is 0.857. The molecule has 0 radical (unpaired) electrons. The standard InChI is InChI=1S/C14H26N2O/c1-7-8-9-16-13(17)11(14(4,5)6)12(15-16)10(2)3/h10,15H,7-9H2,1-6H3. The highest BCUT2D eigenvalue weighted by Crippen LogP contribution is 2.26. The van der Waals surface area contributed by atoms with E-state index >= 15 is 0 Å². The molecule has 0 spiro atoms. The molecule has 1 N–H and O–H groups in total. The maximum Gasteiger partial charge on any atom is 0.270 e. The lowest BCUT2D eigenvalue weighted by Crippen LogP contribution is -2.26. The molecule has 0 aliphatic heterocycles. The van der Waals surface area contributed by atoms with Gasteiger partial charge in [-0.2, -0.15) is 0 Å². The number of rotatable bonds is 4. The summed E-state index contributed by atoms with van der Waals surface area (Å²) in [5.74, 6) is 0.361. The second-order valence-electron chi connectivity index (χ2n) is 6.12. The number of nitrogens with one attached hydrogen (secondary N) is 1. The van der Waals surface area contributed by atoms with Crippen molar-refractivity contribution in [2.24, 2.45) is 0 Å². The summed E-state index contributed by atoms with van der Waals surface area (Å²) in [6.45, 7) is 13.5. The Hall–Kier alpha value is -0.990. The summed E-state index contributed by atoms with van der Waals surface area (Å²) in [7, 11) is 0. The zero-order valence-electron chi connectivity index (χ0n) is 12.1. The van der Waals surface area contributed by atoms with E-state index < -0.39 is 0 Å². The minimum atomic E-state index is -0.0926. The van der Waals surface area contributed by atoms with Crippen LogP contribution in [-0.2, 0) is 12.0 Å². The molecule has 1 aromatic rings. The van der Waals surface area contributed by atoms with E-state index in [9.17, 15) is 4.79 Å². The molecule has 3 nitrogen and oxygen atoms in total. The summed E-state index contributed by atoms with van der Waals surface area (Å²) < 4.78 is 1.78. The lowest BCUT2D eigenvalue weighted by atomic mass is 9.85. The molecule has 0 amide bonds. The molecule has 0 aliphatic rings. The van der Waals surface area contributed by atoms with Crippen molar-refractivity contribution in [3.8, 4) is 0 Å². The van der Waals surface area contributed by atoms with Crippen molar-refractivity contribution in [2.75, 3.05) is 0 Å². The molecule has 0 fully saturated rings. The molecule has 0 saturated carbocycles. The maximum absolute atomic E-state index is 12.4. The second-order valence-corrected chi connectivity index (χ2v) is 6.12. The molecule has 1 aromatic heterocycles. The van der Waals surface area contributed by atoms with Crippen LogP contribution in [0.5, 0.6) is 0 Å². The van der Waals surface area contributed by atoms with Crippen LogP contribution in [0.25, 0.3) is 0 Å². The van der Waals surface area contributed by atoms with Crippen molar-refractivity contribution in [1.29, 1.82) is 0 Å². The van der Waals surface area contributed by atoms with Crippen LogP contribution in [0.1, 0.15) is 71.6 Å². The highest BCUT2D eigenvalue weighted by atomic mass is 16.1. The van der Waals surface area contributed by atoms with Gasteiger partial charge in [-0.3, -0.25) is 14.6 Å². The van der Waals surface area contributed by atoms with Gasteiger partial charge in [0.25, 0.3) is 5.56 Å². The van der Waals surface area contributed by atoms with Gasteiger partial charge in [-0.05, 0) is 17.8 Å². The summed E-state index contributed by atoms with van der Waals surface area (Å²) in [5.41, 5.74) is 2.11. The first kappa shape index (κ1) is 14.1. The third-order valence-corrected chi connectivity index (χ3v) is 3.05. The molecular weight excluding hydrogens is 212 g/mol. The van der Waals surface area contributed by atoms with Crippen molar-refractivity contribution in [3.05, 3.63) is 21.6 Å². The van der Waals surface area contributed by atoms with Crippen molar-refractivity contribution in [2.45, 2.75) is 72.3 Å². The van der Waals surface area contributed by atoms with Gasteiger partial charge < -0.3 is 0 Å². The fourth-order valence-corrected chi connectivity index (χ4v) is 2.12. The van der Waals surface area contributed by atoms with E-state index in [0.717, 1.165) is 30.6 Å². The summed E-state index contributed by atoms with van der Waals surface area (Å²) >= 11 is 0. The van der Waals surface area contributed by atoms with E-state index in [2.05, 4.69) is 46.6 Å². The molecule has 0 aromatic carbocycles. The number of aromatic nitrogens is 2. The molecule has 1 heterocycles. The first-order valence-corrected chi connectivity index (χ1v) is 6.62. The number of hydrogen-bond donors (Lipinski definition) is 1. The first-order valence-electron chi connectivity index (χ1n) is 6.62. The van der Waals surface area contributed by atoms with Gasteiger partial charge in [0.05, 0.1) is 0 Å². The van der Waals surface area contributed by atoms with Crippen LogP contribution in [0.2, 0.25) is 0 Å². The van der Waals surface area contributed by atoms with Gasteiger partial charge in [-0.25, -0.2) is 0 Å². The van der Waals surface area contributed by atoms with Crippen molar-refractivity contribution in [1.82, 2.24) is 9.78 Å². The molecular formula is C14H26N2O. The van der Waals surface area contributed by atoms with Gasteiger partial charge in [0.2, 0.25) is 0 Å². The van der Waals surface area contributed by atoms with Crippen LogP contribution < -0.4 is 5.56 Å². The predicted octanol–water partition coefficient (Wildman–Crippen LogP) is 3.40. The van der Waals surface area contributed by atoms with Gasteiger partial charge >= 0.3 is 0 Å². The molecule has 0 aliphatic carbocycles. The Balaban J connectivity index is 3.26. The monoisotopic (exact) mass is 238 g/mol. The third kappa shape index (κ3) is 3.02. The largest absolute Gasteiger partial charge is 0.299 e. The Bertz CT molecular complexity index is 418. The van der Waals surface area contributed by atoms with Crippen LogP contribution in [0.4, 0.5) is 0 Å². The number of unbranched alkanes of at least 4 members (excludes halogenated alkanes) is 1. The predicted molar refractivity (Wildman–Crippen MR) is 72.7 cm³/mol. The van der Waals surface area contributed by atoms with Gasteiger partial charge in [0.15, 0.2) is 0 Å². The fraction of sp³-hybridized carbons (Fsp3) is 0.786. The van der Waals surface area contributed by atoms with E-state index in [1.165, 1.54) is 0 Å². The van der Waals surface area contributed by atoms with E-state index in [0.29, 0.717) is 5.92 Å². The Morgan fingerprint density at radius 3 is 2.24 bits per heavy atom. The molecule has 1 rings (SSSR count). The summed E-state index contributed by atoms with van der Waals surface area (Å²) in [4.78, 5) is 12.4. The lowest BCUT2D eigenvalue weighted by Gasteiger charge is -2.18. The van der Waals surface area contributed by atoms with Crippen LogP contribution in [0.15, 0.2) is 4.79 Å². The van der Waals surface area contributed by atoms with Crippen LogP contribution >= 0.6 is 0 Å². The summed E-state index contributed by atoms with van der Waals surface area (Å²) in [5, 5.41) is 3.30. The molecule has 98 valence electrons. The Morgan fingerprint density at radius 2 is 1.88 bits per heavy atom. The molecule has 0 atom stereocenters. The Morgan fingerprint density at radius 1 is 1.29 bits per heavy atom. The van der Waals surface area contributed by atoms with Gasteiger partial charge in [0.1, 0.15) is 0 Å². The fourth-order valence-electron chi connectivity index (χ4n) is 2.12. The van der Waals surface area contributed by atoms with Gasteiger partial charge in [-0.15, -0.1) is 0 Å². The topological polar surface area (TPSA) is 37.8 Å². The summed E-state index contributed by atoms with van der Waals surface area (Å²) in [6, 6.07) is 0. The van der Waals surface area contributed by atoms with E-state index in [4.69, 9.17) is 0 Å². The first-order chi connectivity index (χ1) is 7.79. The summed E-state index contributed by atoms with van der Waals surface area (Å²) in [6.07, 6.45) is 2.15.